The number of methoxy groups -OCH3 is 1. The van der Waals surface area contributed by atoms with Crippen LogP contribution in [0.15, 0.2) is 41.3 Å². The highest BCUT2D eigenvalue weighted by atomic mass is 32.2. The van der Waals surface area contributed by atoms with Crippen LogP contribution in [0.3, 0.4) is 0 Å². The van der Waals surface area contributed by atoms with Crippen molar-refractivity contribution in [3.8, 4) is 5.75 Å². The molecule has 0 fully saturated rings. The van der Waals surface area contributed by atoms with E-state index in [1.54, 1.807) is 30.2 Å². The normalized spacial score (nSPS) is 14.6. The Morgan fingerprint density at radius 1 is 1.25 bits per heavy atom. The number of fused-ring (bicyclic) bond motifs is 1. The highest BCUT2D eigenvalue weighted by Crippen LogP contribution is 2.31. The molecule has 0 radical (unpaired) electrons. The molecule has 3 rings (SSSR count). The third kappa shape index (κ3) is 3.91. The number of amides is 1. The van der Waals surface area contributed by atoms with Crippen molar-refractivity contribution in [1.29, 1.82) is 0 Å². The molecule has 0 aliphatic carbocycles. The number of anilines is 1. The van der Waals surface area contributed by atoms with Crippen LogP contribution in [-0.2, 0) is 21.2 Å². The smallest absolute Gasteiger partial charge is 0.241 e. The standard InChI is InChI=1S/C21H26N2O4S/c1-5-19(16-6-9-21(27-4)14(2)12-16)22-28(25,26)18-7-8-20-17(13-18)10-11-23(20)15(3)24/h6-9,12-13,19,22H,5,10-11H2,1-4H3. The third-order valence-electron chi connectivity index (χ3n) is 5.16. The van der Waals surface area contributed by atoms with Gasteiger partial charge in [0.2, 0.25) is 15.9 Å². The molecule has 1 amide bonds. The van der Waals surface area contributed by atoms with Crippen LogP contribution in [0, 0.1) is 6.92 Å². The Balaban J connectivity index is 1.86. The van der Waals surface area contributed by atoms with E-state index in [4.69, 9.17) is 4.74 Å². The number of nitrogens with one attached hydrogen (secondary N) is 1. The summed E-state index contributed by atoms with van der Waals surface area (Å²) in [4.78, 5) is 13.6. The molecule has 0 spiro atoms. The molecule has 1 heterocycles. The zero-order chi connectivity index (χ0) is 20.5. The highest BCUT2D eigenvalue weighted by Gasteiger charge is 2.26. The minimum Gasteiger partial charge on any atom is -0.496 e. The van der Waals surface area contributed by atoms with Crippen LogP contribution in [0.2, 0.25) is 0 Å². The van der Waals surface area contributed by atoms with Gasteiger partial charge in [0.25, 0.3) is 0 Å². The first-order chi connectivity index (χ1) is 13.3. The molecule has 1 N–H and O–H groups in total. The SMILES string of the molecule is CCC(NS(=O)(=O)c1ccc2c(c1)CCN2C(C)=O)c1ccc(OC)c(C)c1. The van der Waals surface area contributed by atoms with E-state index >= 15 is 0 Å². The number of sulfonamides is 1. The molecule has 1 unspecified atom stereocenters. The van der Waals surface area contributed by atoms with Gasteiger partial charge in [0.1, 0.15) is 5.75 Å². The number of carbonyl (C=O) groups is 1. The number of hydrogen-bond donors (Lipinski definition) is 1. The number of rotatable bonds is 6. The average Bonchev–Trinajstić information content (AvgIpc) is 3.09. The lowest BCUT2D eigenvalue weighted by molar-refractivity contribution is -0.116. The first-order valence-electron chi connectivity index (χ1n) is 9.34. The minimum atomic E-state index is -3.69. The second-order valence-electron chi connectivity index (χ2n) is 7.02. The van der Waals surface area contributed by atoms with Gasteiger partial charge >= 0.3 is 0 Å². The summed E-state index contributed by atoms with van der Waals surface area (Å²) >= 11 is 0. The number of hydrogen-bond acceptors (Lipinski definition) is 4. The topological polar surface area (TPSA) is 75.7 Å². The molecule has 2 aromatic rings. The second-order valence-corrected chi connectivity index (χ2v) is 8.74. The summed E-state index contributed by atoms with van der Waals surface area (Å²) in [5, 5.41) is 0. The number of aryl methyl sites for hydroxylation is 1. The van der Waals surface area contributed by atoms with Crippen molar-refractivity contribution in [2.45, 2.75) is 44.6 Å². The molecule has 2 aromatic carbocycles. The van der Waals surface area contributed by atoms with Crippen LogP contribution in [-0.4, -0.2) is 28.0 Å². The summed E-state index contributed by atoms with van der Waals surface area (Å²) < 4.78 is 34.1. The van der Waals surface area contributed by atoms with Crippen LogP contribution in [0.4, 0.5) is 5.69 Å². The maximum absolute atomic E-state index is 13.0. The molecule has 0 bridgehead atoms. The first kappa shape index (κ1) is 20.4. The summed E-state index contributed by atoms with van der Waals surface area (Å²) in [6.45, 7) is 5.99. The lowest BCUT2D eigenvalue weighted by atomic mass is 10.0. The van der Waals surface area contributed by atoms with Gasteiger partial charge in [0, 0.05) is 25.2 Å². The lowest BCUT2D eigenvalue weighted by Gasteiger charge is -2.19. The van der Waals surface area contributed by atoms with Crippen LogP contribution in [0.1, 0.15) is 43.0 Å². The zero-order valence-corrected chi connectivity index (χ0v) is 17.5. The number of nitrogens with zero attached hydrogens (tertiary/aromatic N) is 1. The molecule has 1 aliphatic rings. The van der Waals surface area contributed by atoms with Gasteiger partial charge in [-0.05, 0) is 60.7 Å². The van der Waals surface area contributed by atoms with E-state index in [0.717, 1.165) is 28.1 Å². The van der Waals surface area contributed by atoms with E-state index in [2.05, 4.69) is 4.72 Å². The minimum absolute atomic E-state index is 0.0339. The van der Waals surface area contributed by atoms with Crippen LogP contribution >= 0.6 is 0 Å². The molecule has 0 saturated carbocycles. The Hall–Kier alpha value is -2.38. The summed E-state index contributed by atoms with van der Waals surface area (Å²) in [7, 11) is -2.08. The predicted molar refractivity (Wildman–Crippen MR) is 109 cm³/mol. The van der Waals surface area contributed by atoms with Gasteiger partial charge in [-0.3, -0.25) is 4.79 Å². The van der Waals surface area contributed by atoms with Crippen molar-refractivity contribution in [2.75, 3.05) is 18.6 Å². The van der Waals surface area contributed by atoms with Crippen LogP contribution < -0.4 is 14.4 Å². The monoisotopic (exact) mass is 402 g/mol. The average molecular weight is 403 g/mol. The third-order valence-corrected chi connectivity index (χ3v) is 6.63. The summed E-state index contributed by atoms with van der Waals surface area (Å²) in [5.41, 5.74) is 3.53. The fourth-order valence-corrected chi connectivity index (χ4v) is 4.99. The molecule has 150 valence electrons. The van der Waals surface area contributed by atoms with E-state index in [1.807, 2.05) is 32.0 Å². The van der Waals surface area contributed by atoms with E-state index in [9.17, 15) is 13.2 Å². The maximum Gasteiger partial charge on any atom is 0.241 e. The summed E-state index contributed by atoms with van der Waals surface area (Å²) in [6, 6.07) is 10.3. The van der Waals surface area contributed by atoms with E-state index in [1.165, 1.54) is 6.92 Å². The van der Waals surface area contributed by atoms with Crippen molar-refractivity contribution in [1.82, 2.24) is 4.72 Å². The lowest BCUT2D eigenvalue weighted by Crippen LogP contribution is -2.28. The fourth-order valence-electron chi connectivity index (χ4n) is 3.63. The van der Waals surface area contributed by atoms with Crippen molar-refractivity contribution in [3.63, 3.8) is 0 Å². The maximum atomic E-state index is 13.0. The highest BCUT2D eigenvalue weighted by molar-refractivity contribution is 7.89. The van der Waals surface area contributed by atoms with E-state index in [-0.39, 0.29) is 16.8 Å². The predicted octanol–water partition coefficient (Wildman–Crippen LogP) is 3.34. The quantitative estimate of drug-likeness (QED) is 0.804. The molecule has 28 heavy (non-hydrogen) atoms. The molecule has 1 atom stereocenters. The summed E-state index contributed by atoms with van der Waals surface area (Å²) in [5.74, 6) is 0.739. The number of ether oxygens (including phenoxy) is 1. The molecule has 6 nitrogen and oxygen atoms in total. The molecule has 0 aromatic heterocycles. The zero-order valence-electron chi connectivity index (χ0n) is 16.7. The van der Waals surface area contributed by atoms with Gasteiger partial charge in [-0.2, -0.15) is 0 Å². The van der Waals surface area contributed by atoms with Crippen LogP contribution in [0.5, 0.6) is 5.75 Å². The van der Waals surface area contributed by atoms with Gasteiger partial charge in [0.15, 0.2) is 0 Å². The first-order valence-corrected chi connectivity index (χ1v) is 10.8. The van der Waals surface area contributed by atoms with E-state index in [0.29, 0.717) is 19.4 Å². The Kier molecular flexibility index (Phi) is 5.76. The molecular weight excluding hydrogens is 376 g/mol. The van der Waals surface area contributed by atoms with Crippen molar-refractivity contribution in [2.24, 2.45) is 0 Å². The van der Waals surface area contributed by atoms with Crippen LogP contribution in [0.25, 0.3) is 0 Å². The molecule has 1 aliphatic heterocycles. The van der Waals surface area contributed by atoms with Crippen molar-refractivity contribution < 1.29 is 17.9 Å². The van der Waals surface area contributed by atoms with Gasteiger partial charge in [-0.1, -0.05) is 19.1 Å². The Morgan fingerprint density at radius 3 is 2.61 bits per heavy atom. The second kappa shape index (κ2) is 7.93. The Labute approximate surface area is 166 Å². The largest absolute Gasteiger partial charge is 0.496 e. The Bertz CT molecular complexity index is 1000. The van der Waals surface area contributed by atoms with Gasteiger partial charge in [-0.25, -0.2) is 13.1 Å². The Morgan fingerprint density at radius 2 is 2.00 bits per heavy atom. The van der Waals surface area contributed by atoms with Crippen molar-refractivity contribution in [3.05, 3.63) is 53.1 Å². The fraction of sp³-hybridized carbons (Fsp3) is 0.381. The van der Waals surface area contributed by atoms with Gasteiger partial charge < -0.3 is 9.64 Å². The van der Waals surface area contributed by atoms with Crippen molar-refractivity contribution >= 4 is 21.6 Å². The molecule has 0 saturated heterocycles. The number of carbonyl (C=O) groups excluding carboxylic acids is 1. The van der Waals surface area contributed by atoms with Gasteiger partial charge in [0.05, 0.1) is 12.0 Å². The summed E-state index contributed by atoms with van der Waals surface area (Å²) in [6.07, 6.45) is 1.28. The van der Waals surface area contributed by atoms with Gasteiger partial charge in [-0.15, -0.1) is 0 Å². The molecular formula is C21H26N2O4S. The van der Waals surface area contributed by atoms with E-state index < -0.39 is 10.0 Å². The number of benzene rings is 2. The molecule has 7 heteroatoms.